The van der Waals surface area contributed by atoms with Crippen molar-refractivity contribution < 1.29 is 0 Å². The molecular formula is C16H21Br. The molecular weight excluding hydrogens is 272 g/mol. The molecule has 1 saturated carbocycles. The van der Waals surface area contributed by atoms with Crippen LogP contribution in [0.4, 0.5) is 0 Å². The van der Waals surface area contributed by atoms with Crippen LogP contribution in [0.1, 0.15) is 47.5 Å². The van der Waals surface area contributed by atoms with Gasteiger partial charge in [0, 0.05) is 10.8 Å². The van der Waals surface area contributed by atoms with Gasteiger partial charge in [0.25, 0.3) is 0 Å². The molecule has 1 heteroatoms. The molecule has 0 aromatic carbocycles. The van der Waals surface area contributed by atoms with Crippen molar-refractivity contribution in [2.24, 2.45) is 10.8 Å². The molecule has 0 bridgehead atoms. The van der Waals surface area contributed by atoms with E-state index in [-0.39, 0.29) is 4.32 Å². The molecule has 17 heavy (non-hydrogen) atoms. The maximum atomic E-state index is 4.34. The number of hydrogen-bond acceptors (Lipinski definition) is 0. The lowest BCUT2D eigenvalue weighted by Crippen LogP contribution is -2.47. The summed E-state index contributed by atoms with van der Waals surface area (Å²) in [4.78, 5) is 0. The fourth-order valence-corrected chi connectivity index (χ4v) is 5.84. The molecule has 0 aromatic heterocycles. The molecule has 3 rings (SSSR count). The third kappa shape index (κ3) is 0.917. The van der Waals surface area contributed by atoms with Gasteiger partial charge in [-0.05, 0) is 51.7 Å². The minimum absolute atomic E-state index is 0.231. The van der Waals surface area contributed by atoms with Crippen LogP contribution >= 0.6 is 15.9 Å². The highest BCUT2D eigenvalue weighted by Crippen LogP contribution is 2.77. The third-order valence-corrected chi connectivity index (χ3v) is 8.12. The molecule has 0 nitrogen and oxygen atoms in total. The Morgan fingerprint density at radius 3 is 2.06 bits per heavy atom. The van der Waals surface area contributed by atoms with Crippen LogP contribution in [0.2, 0.25) is 0 Å². The molecule has 3 aliphatic carbocycles. The SMILES string of the molecule is C=C1C(C)=C(C)[C@]12C[C@@]1(C)C(C)=C(C)[C@@]1(Br)C2. The predicted octanol–water partition coefficient (Wildman–Crippen LogP) is 5.16. The largest absolute Gasteiger partial charge is 0.0947 e. The van der Waals surface area contributed by atoms with Crippen molar-refractivity contribution in [3.63, 3.8) is 0 Å². The summed E-state index contributed by atoms with van der Waals surface area (Å²) in [6.45, 7) is 15.9. The van der Waals surface area contributed by atoms with Gasteiger partial charge in [0.15, 0.2) is 0 Å². The smallest absolute Gasteiger partial charge is 0.0568 e. The predicted molar refractivity (Wildman–Crippen MR) is 77.3 cm³/mol. The van der Waals surface area contributed by atoms with E-state index in [0.717, 1.165) is 0 Å². The van der Waals surface area contributed by atoms with Crippen LogP contribution in [0.25, 0.3) is 0 Å². The Morgan fingerprint density at radius 1 is 1.00 bits per heavy atom. The lowest BCUT2D eigenvalue weighted by Gasteiger charge is -2.52. The van der Waals surface area contributed by atoms with E-state index in [0.29, 0.717) is 10.8 Å². The van der Waals surface area contributed by atoms with Gasteiger partial charge in [-0.3, -0.25) is 0 Å². The Bertz CT molecular complexity index is 494. The highest BCUT2D eigenvalue weighted by atomic mass is 79.9. The molecule has 3 aliphatic rings. The van der Waals surface area contributed by atoms with Crippen LogP contribution in [0.15, 0.2) is 34.4 Å². The first-order chi connectivity index (χ1) is 7.71. The monoisotopic (exact) mass is 292 g/mol. The number of halogens is 1. The summed E-state index contributed by atoms with van der Waals surface area (Å²) in [5.74, 6) is 0. The van der Waals surface area contributed by atoms with Gasteiger partial charge in [-0.25, -0.2) is 0 Å². The average molecular weight is 293 g/mol. The van der Waals surface area contributed by atoms with E-state index in [9.17, 15) is 0 Å². The molecule has 0 amide bonds. The minimum atomic E-state index is 0.231. The quantitative estimate of drug-likeness (QED) is 0.427. The number of hydrogen-bond donors (Lipinski definition) is 0. The zero-order valence-electron chi connectivity index (χ0n) is 11.5. The second kappa shape index (κ2) is 2.82. The fourth-order valence-electron chi connectivity index (χ4n) is 4.63. The highest BCUT2D eigenvalue weighted by molar-refractivity contribution is 9.10. The molecule has 0 heterocycles. The fraction of sp³-hybridized carbons (Fsp3) is 0.625. The van der Waals surface area contributed by atoms with Crippen LogP contribution in [-0.2, 0) is 0 Å². The van der Waals surface area contributed by atoms with Crippen molar-refractivity contribution in [1.29, 1.82) is 0 Å². The average Bonchev–Trinajstić information content (AvgIpc) is 2.56. The number of fused-ring (bicyclic) bond motifs is 1. The Hall–Kier alpha value is -0.300. The number of allylic oxidation sites excluding steroid dienone is 5. The second-order valence-corrected chi connectivity index (χ2v) is 7.90. The molecule has 3 atom stereocenters. The minimum Gasteiger partial charge on any atom is -0.0947 e. The summed E-state index contributed by atoms with van der Waals surface area (Å²) < 4.78 is 0.231. The Balaban J connectivity index is 2.10. The lowest BCUT2D eigenvalue weighted by atomic mass is 9.58. The van der Waals surface area contributed by atoms with E-state index < -0.39 is 0 Å². The van der Waals surface area contributed by atoms with Gasteiger partial charge >= 0.3 is 0 Å². The van der Waals surface area contributed by atoms with Crippen LogP contribution in [0.3, 0.4) is 0 Å². The Morgan fingerprint density at radius 2 is 1.59 bits per heavy atom. The lowest BCUT2D eigenvalue weighted by molar-refractivity contribution is 0.288. The van der Waals surface area contributed by atoms with Gasteiger partial charge in [0.05, 0.1) is 4.32 Å². The summed E-state index contributed by atoms with van der Waals surface area (Å²) in [7, 11) is 0. The molecule has 0 saturated heterocycles. The van der Waals surface area contributed by atoms with E-state index in [2.05, 4.69) is 57.1 Å². The van der Waals surface area contributed by atoms with Gasteiger partial charge in [-0.15, -0.1) is 0 Å². The van der Waals surface area contributed by atoms with Crippen molar-refractivity contribution in [3.8, 4) is 0 Å². The van der Waals surface area contributed by atoms with Gasteiger partial charge in [-0.1, -0.05) is 46.2 Å². The maximum Gasteiger partial charge on any atom is 0.0568 e. The summed E-state index contributed by atoms with van der Waals surface area (Å²) in [5.41, 5.74) is 8.20. The van der Waals surface area contributed by atoms with Crippen LogP contribution in [-0.4, -0.2) is 4.32 Å². The van der Waals surface area contributed by atoms with Gasteiger partial charge in [0.1, 0.15) is 0 Å². The zero-order chi connectivity index (χ0) is 12.8. The van der Waals surface area contributed by atoms with Crippen LogP contribution in [0.5, 0.6) is 0 Å². The van der Waals surface area contributed by atoms with Crippen molar-refractivity contribution in [1.82, 2.24) is 0 Å². The summed E-state index contributed by atoms with van der Waals surface area (Å²) in [6, 6.07) is 0. The first kappa shape index (κ1) is 11.8. The van der Waals surface area contributed by atoms with Crippen molar-refractivity contribution in [3.05, 3.63) is 34.4 Å². The third-order valence-electron chi connectivity index (χ3n) is 6.37. The van der Waals surface area contributed by atoms with E-state index >= 15 is 0 Å². The van der Waals surface area contributed by atoms with E-state index in [1.54, 1.807) is 16.7 Å². The molecule has 1 spiro atoms. The molecule has 0 N–H and O–H groups in total. The maximum absolute atomic E-state index is 4.34. The van der Waals surface area contributed by atoms with Crippen molar-refractivity contribution in [2.75, 3.05) is 0 Å². The van der Waals surface area contributed by atoms with Crippen LogP contribution < -0.4 is 0 Å². The highest BCUT2D eigenvalue weighted by Gasteiger charge is 2.69. The van der Waals surface area contributed by atoms with Crippen LogP contribution in [0, 0.1) is 10.8 Å². The van der Waals surface area contributed by atoms with Crippen molar-refractivity contribution in [2.45, 2.75) is 51.8 Å². The number of rotatable bonds is 0. The summed E-state index contributed by atoms with van der Waals surface area (Å²) in [5, 5.41) is 0. The van der Waals surface area contributed by atoms with Gasteiger partial charge < -0.3 is 0 Å². The molecule has 1 fully saturated rings. The second-order valence-electron chi connectivity index (χ2n) is 6.55. The zero-order valence-corrected chi connectivity index (χ0v) is 13.1. The molecule has 0 aromatic rings. The normalized spacial score (nSPS) is 48.5. The van der Waals surface area contributed by atoms with Crippen molar-refractivity contribution >= 4 is 15.9 Å². The summed E-state index contributed by atoms with van der Waals surface area (Å²) >= 11 is 4.06. The Labute approximate surface area is 113 Å². The van der Waals surface area contributed by atoms with E-state index in [4.69, 9.17) is 0 Å². The molecule has 0 unspecified atom stereocenters. The molecule has 92 valence electrons. The van der Waals surface area contributed by atoms with Gasteiger partial charge in [-0.2, -0.15) is 0 Å². The number of alkyl halides is 1. The van der Waals surface area contributed by atoms with E-state index in [1.165, 1.54) is 24.0 Å². The molecule has 0 radical (unpaired) electrons. The Kier molecular flexibility index (Phi) is 1.95. The summed E-state index contributed by atoms with van der Waals surface area (Å²) in [6.07, 6.45) is 2.46. The standard InChI is InChI=1S/C16H21Br/c1-9-10(2)15(11(9)3)7-14(6)12(4)13(5)16(14,17)8-15/h2,7-8H2,1,3-6H3/t14-,15-,16-/m0/s1. The first-order valence-electron chi connectivity index (χ1n) is 6.46. The van der Waals surface area contributed by atoms with E-state index in [1.807, 2.05) is 0 Å². The van der Waals surface area contributed by atoms with Gasteiger partial charge in [0.2, 0.25) is 0 Å². The molecule has 0 aliphatic heterocycles. The topological polar surface area (TPSA) is 0 Å². The first-order valence-corrected chi connectivity index (χ1v) is 7.25.